The van der Waals surface area contributed by atoms with Gasteiger partial charge in [-0.05, 0) is 19.3 Å². The van der Waals surface area contributed by atoms with Gasteiger partial charge < -0.3 is 10.4 Å². The fourth-order valence-corrected chi connectivity index (χ4v) is 2.03. The first-order chi connectivity index (χ1) is 6.56. The molecule has 0 saturated carbocycles. The maximum atomic E-state index is 10.8. The van der Waals surface area contributed by atoms with E-state index in [9.17, 15) is 9.59 Å². The summed E-state index contributed by atoms with van der Waals surface area (Å²) in [5, 5.41) is 11.1. The van der Waals surface area contributed by atoms with Crippen LogP contribution < -0.4 is 5.32 Å². The number of hydrogen-bond donors (Lipinski definition) is 2. The van der Waals surface area contributed by atoms with Gasteiger partial charge in [-0.1, -0.05) is 18.7 Å². The monoisotopic (exact) mass is 219 g/mol. The van der Waals surface area contributed by atoms with Gasteiger partial charge in [0, 0.05) is 18.7 Å². The molecule has 4 nitrogen and oxygen atoms in total. The van der Waals surface area contributed by atoms with Crippen LogP contribution in [0, 0.1) is 0 Å². The summed E-state index contributed by atoms with van der Waals surface area (Å²) in [7, 11) is 0. The van der Waals surface area contributed by atoms with Crippen molar-refractivity contribution in [1.29, 1.82) is 0 Å². The molecule has 0 heterocycles. The maximum Gasteiger partial charge on any atom is 0.404 e. The van der Waals surface area contributed by atoms with Crippen LogP contribution in [0.2, 0.25) is 0 Å². The largest absolute Gasteiger partial charge is 0.465 e. The van der Waals surface area contributed by atoms with E-state index < -0.39 is 6.09 Å². The van der Waals surface area contributed by atoms with Crippen molar-refractivity contribution in [2.24, 2.45) is 0 Å². The summed E-state index contributed by atoms with van der Waals surface area (Å²) in [4.78, 5) is 20.9. The molecule has 1 unspecified atom stereocenters. The summed E-state index contributed by atoms with van der Waals surface area (Å²) >= 11 is 1.34. The molecule has 0 aliphatic rings. The molecule has 1 atom stereocenters. The topological polar surface area (TPSA) is 66.4 Å². The lowest BCUT2D eigenvalue weighted by molar-refractivity contribution is -0.109. The van der Waals surface area contributed by atoms with E-state index in [4.69, 9.17) is 5.11 Å². The van der Waals surface area contributed by atoms with Gasteiger partial charge in [0.05, 0.1) is 0 Å². The van der Waals surface area contributed by atoms with Crippen molar-refractivity contribution >= 4 is 23.0 Å². The standard InChI is InChI=1S/C9H17NO3S/c1-3-8(14-7(2)11)5-4-6-10-9(12)13/h8,10H,3-6H2,1-2H3,(H,12,13). The van der Waals surface area contributed by atoms with Crippen molar-refractivity contribution in [2.75, 3.05) is 6.54 Å². The molecule has 0 saturated heterocycles. The van der Waals surface area contributed by atoms with Gasteiger partial charge in [0.2, 0.25) is 0 Å². The zero-order chi connectivity index (χ0) is 11.0. The molecule has 0 aromatic rings. The fraction of sp³-hybridized carbons (Fsp3) is 0.778. The highest BCUT2D eigenvalue weighted by molar-refractivity contribution is 8.14. The normalized spacial score (nSPS) is 12.1. The number of carboxylic acid groups (broad SMARTS) is 1. The first-order valence-electron chi connectivity index (χ1n) is 4.70. The van der Waals surface area contributed by atoms with E-state index >= 15 is 0 Å². The average Bonchev–Trinajstić information content (AvgIpc) is 2.09. The highest BCUT2D eigenvalue weighted by Crippen LogP contribution is 2.19. The minimum Gasteiger partial charge on any atom is -0.465 e. The van der Waals surface area contributed by atoms with Crippen LogP contribution in [-0.4, -0.2) is 28.1 Å². The molecule has 2 N–H and O–H groups in total. The number of carbonyl (C=O) groups excluding carboxylic acids is 1. The minimum absolute atomic E-state index is 0.128. The second-order valence-corrected chi connectivity index (χ2v) is 4.49. The van der Waals surface area contributed by atoms with E-state index in [1.54, 1.807) is 6.92 Å². The van der Waals surface area contributed by atoms with E-state index in [0.717, 1.165) is 19.3 Å². The molecule has 0 fully saturated rings. The molecule has 0 bridgehead atoms. The SMILES string of the molecule is CCC(CCCNC(=O)O)SC(C)=O. The van der Waals surface area contributed by atoms with Crippen molar-refractivity contribution in [3.05, 3.63) is 0 Å². The molecule has 0 rings (SSSR count). The Morgan fingerprint density at radius 2 is 2.14 bits per heavy atom. The Morgan fingerprint density at radius 1 is 1.50 bits per heavy atom. The Labute approximate surface area is 88.4 Å². The summed E-state index contributed by atoms with van der Waals surface area (Å²) in [6.45, 7) is 4.05. The van der Waals surface area contributed by atoms with Gasteiger partial charge in [0.15, 0.2) is 5.12 Å². The quantitative estimate of drug-likeness (QED) is 0.671. The van der Waals surface area contributed by atoms with E-state index in [2.05, 4.69) is 5.32 Å². The van der Waals surface area contributed by atoms with Crippen LogP contribution in [0.4, 0.5) is 4.79 Å². The van der Waals surface area contributed by atoms with Crippen molar-refractivity contribution in [3.63, 3.8) is 0 Å². The van der Waals surface area contributed by atoms with Gasteiger partial charge in [-0.25, -0.2) is 4.79 Å². The Morgan fingerprint density at radius 3 is 2.57 bits per heavy atom. The summed E-state index contributed by atoms with van der Waals surface area (Å²) in [5.74, 6) is 0. The molecule has 1 amide bonds. The van der Waals surface area contributed by atoms with Crippen molar-refractivity contribution in [1.82, 2.24) is 5.32 Å². The minimum atomic E-state index is -0.989. The third kappa shape index (κ3) is 7.91. The number of thioether (sulfide) groups is 1. The Balaban J connectivity index is 3.52. The maximum absolute atomic E-state index is 10.8. The van der Waals surface area contributed by atoms with E-state index in [-0.39, 0.29) is 5.12 Å². The average molecular weight is 219 g/mol. The van der Waals surface area contributed by atoms with Gasteiger partial charge in [0.1, 0.15) is 0 Å². The Hall–Kier alpha value is -0.710. The third-order valence-corrected chi connectivity index (χ3v) is 3.00. The van der Waals surface area contributed by atoms with E-state index in [1.807, 2.05) is 6.92 Å². The smallest absolute Gasteiger partial charge is 0.404 e. The highest BCUT2D eigenvalue weighted by atomic mass is 32.2. The molecule has 5 heteroatoms. The number of amides is 1. The first-order valence-corrected chi connectivity index (χ1v) is 5.58. The van der Waals surface area contributed by atoms with Crippen molar-refractivity contribution in [3.8, 4) is 0 Å². The molecule has 0 aliphatic heterocycles. The Bertz CT molecular complexity index is 196. The molecule has 0 aliphatic carbocycles. The third-order valence-electron chi connectivity index (χ3n) is 1.77. The van der Waals surface area contributed by atoms with Gasteiger partial charge in [-0.15, -0.1) is 0 Å². The van der Waals surface area contributed by atoms with E-state index in [1.165, 1.54) is 11.8 Å². The molecule has 0 aromatic heterocycles. The lowest BCUT2D eigenvalue weighted by atomic mass is 10.2. The van der Waals surface area contributed by atoms with E-state index in [0.29, 0.717) is 11.8 Å². The van der Waals surface area contributed by atoms with Gasteiger partial charge in [0.25, 0.3) is 0 Å². The van der Waals surface area contributed by atoms with Crippen LogP contribution in [0.1, 0.15) is 33.1 Å². The number of hydrogen-bond acceptors (Lipinski definition) is 3. The van der Waals surface area contributed by atoms with Crippen LogP contribution in [0.25, 0.3) is 0 Å². The molecular formula is C9H17NO3S. The van der Waals surface area contributed by atoms with Gasteiger partial charge >= 0.3 is 6.09 Å². The van der Waals surface area contributed by atoms with Gasteiger partial charge in [-0.2, -0.15) is 0 Å². The predicted octanol–water partition coefficient (Wildman–Crippen LogP) is 2.09. The number of rotatable bonds is 6. The van der Waals surface area contributed by atoms with Crippen LogP contribution in [-0.2, 0) is 4.79 Å². The zero-order valence-electron chi connectivity index (χ0n) is 8.58. The van der Waals surface area contributed by atoms with Crippen LogP contribution in [0.15, 0.2) is 0 Å². The summed E-state index contributed by atoms with van der Waals surface area (Å²) in [6, 6.07) is 0. The van der Waals surface area contributed by atoms with Crippen LogP contribution >= 0.6 is 11.8 Å². The van der Waals surface area contributed by atoms with Crippen LogP contribution in [0.5, 0.6) is 0 Å². The predicted molar refractivity (Wildman–Crippen MR) is 57.6 cm³/mol. The molecular weight excluding hydrogens is 202 g/mol. The molecule has 0 aromatic carbocycles. The second kappa shape index (κ2) is 7.67. The summed E-state index contributed by atoms with van der Waals surface area (Å²) < 4.78 is 0. The highest BCUT2D eigenvalue weighted by Gasteiger charge is 2.09. The zero-order valence-corrected chi connectivity index (χ0v) is 9.39. The number of nitrogens with one attached hydrogen (secondary N) is 1. The summed E-state index contributed by atoms with van der Waals surface area (Å²) in [6.07, 6.45) is 1.61. The lowest BCUT2D eigenvalue weighted by Crippen LogP contribution is -2.22. The fourth-order valence-electron chi connectivity index (χ4n) is 1.11. The van der Waals surface area contributed by atoms with Gasteiger partial charge in [-0.3, -0.25) is 4.79 Å². The lowest BCUT2D eigenvalue weighted by Gasteiger charge is -2.11. The van der Waals surface area contributed by atoms with Crippen LogP contribution in [0.3, 0.4) is 0 Å². The molecule has 82 valence electrons. The van der Waals surface area contributed by atoms with Crippen molar-refractivity contribution in [2.45, 2.75) is 38.4 Å². The summed E-state index contributed by atoms with van der Waals surface area (Å²) in [5.41, 5.74) is 0. The first kappa shape index (κ1) is 13.3. The molecule has 14 heavy (non-hydrogen) atoms. The second-order valence-electron chi connectivity index (χ2n) is 3.01. The molecule has 0 radical (unpaired) electrons. The Kier molecular flexibility index (Phi) is 7.28. The molecule has 0 spiro atoms. The van der Waals surface area contributed by atoms with Crippen molar-refractivity contribution < 1.29 is 14.7 Å². The number of carbonyl (C=O) groups is 2.